The number of benzene rings is 1. The Hall–Kier alpha value is -2.77. The Kier molecular flexibility index (Phi) is 4.28. The zero-order chi connectivity index (χ0) is 17.3. The summed E-state index contributed by atoms with van der Waals surface area (Å²) in [6.07, 6.45) is -0.764. The Morgan fingerprint density at radius 2 is 1.92 bits per heavy atom. The van der Waals surface area contributed by atoms with Crippen molar-refractivity contribution in [3.63, 3.8) is 0 Å². The summed E-state index contributed by atoms with van der Waals surface area (Å²) in [5, 5.41) is 9.10. The highest BCUT2D eigenvalue weighted by Gasteiger charge is 2.42. The smallest absolute Gasteiger partial charge is 0.407 e. The van der Waals surface area contributed by atoms with Crippen LogP contribution < -0.4 is 4.90 Å². The van der Waals surface area contributed by atoms with Crippen molar-refractivity contribution in [2.24, 2.45) is 0 Å². The van der Waals surface area contributed by atoms with E-state index in [0.29, 0.717) is 26.2 Å². The number of carboxylic acid groups (broad SMARTS) is 1. The van der Waals surface area contributed by atoms with Crippen molar-refractivity contribution in [3.05, 3.63) is 29.8 Å². The number of ether oxygens (including phenoxy) is 1. The molecular formula is C16H19N3O5. The maximum Gasteiger partial charge on any atom is 0.407 e. The molecule has 0 saturated carbocycles. The summed E-state index contributed by atoms with van der Waals surface area (Å²) < 4.78 is 4.63. The largest absolute Gasteiger partial charge is 0.469 e. The van der Waals surface area contributed by atoms with E-state index in [9.17, 15) is 14.4 Å². The maximum absolute atomic E-state index is 12.5. The van der Waals surface area contributed by atoms with E-state index in [1.807, 2.05) is 0 Å². The van der Waals surface area contributed by atoms with Crippen LogP contribution in [0.15, 0.2) is 24.3 Å². The number of carbonyl (C=O) groups is 3. The van der Waals surface area contributed by atoms with E-state index in [2.05, 4.69) is 4.74 Å². The normalized spacial score (nSPS) is 20.1. The third-order valence-corrected chi connectivity index (χ3v) is 4.45. The Labute approximate surface area is 139 Å². The zero-order valence-electron chi connectivity index (χ0n) is 13.3. The van der Waals surface area contributed by atoms with Gasteiger partial charge < -0.3 is 19.6 Å². The molecule has 2 fully saturated rings. The number of fused-ring (bicyclic) bond motifs is 1. The van der Waals surface area contributed by atoms with Gasteiger partial charge in [-0.3, -0.25) is 9.69 Å². The predicted octanol–water partition coefficient (Wildman–Crippen LogP) is 1.01. The molecule has 1 atom stereocenters. The second-order valence-electron chi connectivity index (χ2n) is 5.89. The third kappa shape index (κ3) is 2.99. The molecule has 3 rings (SSSR count). The van der Waals surface area contributed by atoms with Gasteiger partial charge in [0.05, 0.1) is 19.6 Å². The van der Waals surface area contributed by atoms with Crippen LogP contribution in [-0.2, 0) is 16.0 Å². The van der Waals surface area contributed by atoms with Crippen LogP contribution in [-0.4, -0.2) is 72.3 Å². The van der Waals surface area contributed by atoms with Crippen molar-refractivity contribution >= 4 is 23.8 Å². The second-order valence-corrected chi connectivity index (χ2v) is 5.89. The quantitative estimate of drug-likeness (QED) is 0.834. The number of hydrogen-bond donors (Lipinski definition) is 1. The molecule has 0 radical (unpaired) electrons. The average molecular weight is 333 g/mol. The molecule has 2 saturated heterocycles. The number of amides is 3. The lowest BCUT2D eigenvalue weighted by molar-refractivity contribution is -0.139. The highest BCUT2D eigenvalue weighted by Crippen LogP contribution is 2.26. The first-order chi connectivity index (χ1) is 11.5. The van der Waals surface area contributed by atoms with Gasteiger partial charge in [0.25, 0.3) is 0 Å². The van der Waals surface area contributed by atoms with Crippen molar-refractivity contribution in [2.45, 2.75) is 12.5 Å². The van der Waals surface area contributed by atoms with Crippen molar-refractivity contribution < 1.29 is 24.2 Å². The van der Waals surface area contributed by atoms with Gasteiger partial charge in [0.2, 0.25) is 0 Å². The van der Waals surface area contributed by atoms with E-state index >= 15 is 0 Å². The fraction of sp³-hybridized carbons (Fsp3) is 0.438. The molecule has 0 aliphatic carbocycles. The Bertz CT molecular complexity index is 660. The third-order valence-electron chi connectivity index (χ3n) is 4.45. The van der Waals surface area contributed by atoms with Crippen LogP contribution in [0, 0.1) is 0 Å². The minimum atomic E-state index is -0.951. The van der Waals surface area contributed by atoms with E-state index in [0.717, 1.165) is 11.3 Å². The molecule has 3 amide bonds. The second kappa shape index (κ2) is 6.38. The topological polar surface area (TPSA) is 90.4 Å². The number of methoxy groups -OCH3 is 1. The van der Waals surface area contributed by atoms with Crippen LogP contribution in [0.1, 0.15) is 5.56 Å². The van der Waals surface area contributed by atoms with Gasteiger partial charge in [-0.1, -0.05) is 12.1 Å². The molecule has 0 spiro atoms. The fourth-order valence-electron chi connectivity index (χ4n) is 3.13. The van der Waals surface area contributed by atoms with Crippen molar-refractivity contribution in [1.82, 2.24) is 9.80 Å². The number of esters is 1. The molecule has 2 aliphatic heterocycles. The first-order valence-corrected chi connectivity index (χ1v) is 7.71. The minimum absolute atomic E-state index is 0.106. The molecule has 2 heterocycles. The molecule has 24 heavy (non-hydrogen) atoms. The molecule has 8 heteroatoms. The van der Waals surface area contributed by atoms with E-state index < -0.39 is 6.09 Å². The lowest BCUT2D eigenvalue weighted by Gasteiger charge is -2.34. The molecule has 1 aromatic rings. The average Bonchev–Trinajstić information content (AvgIpc) is 2.91. The molecule has 0 bridgehead atoms. The van der Waals surface area contributed by atoms with E-state index in [4.69, 9.17) is 5.11 Å². The van der Waals surface area contributed by atoms with Gasteiger partial charge in [-0.2, -0.15) is 0 Å². The first-order valence-electron chi connectivity index (χ1n) is 7.71. The van der Waals surface area contributed by atoms with Crippen molar-refractivity contribution in [1.29, 1.82) is 0 Å². The van der Waals surface area contributed by atoms with Gasteiger partial charge in [-0.05, 0) is 17.7 Å². The molecule has 128 valence electrons. The molecular weight excluding hydrogens is 314 g/mol. The standard InChI is InChI=1S/C16H19N3O5/c1-24-14(20)8-11-2-4-12(5-3-11)19-10-13-9-17(16(22)23)6-7-18(13)15(19)21/h2-5,13H,6-10H2,1H3,(H,22,23)/t13-/m0/s1. The maximum atomic E-state index is 12.5. The summed E-state index contributed by atoms with van der Waals surface area (Å²) in [5.41, 5.74) is 1.55. The van der Waals surface area contributed by atoms with Crippen LogP contribution in [0.3, 0.4) is 0 Å². The number of carbonyl (C=O) groups excluding carboxylic acids is 2. The van der Waals surface area contributed by atoms with Crippen LogP contribution in [0.25, 0.3) is 0 Å². The van der Waals surface area contributed by atoms with Gasteiger partial charge in [0.1, 0.15) is 0 Å². The number of piperazine rings is 1. The van der Waals surface area contributed by atoms with Crippen molar-refractivity contribution in [2.75, 3.05) is 38.2 Å². The van der Waals surface area contributed by atoms with E-state index in [-0.39, 0.29) is 24.5 Å². The molecule has 1 N–H and O–H groups in total. The number of nitrogens with zero attached hydrogens (tertiary/aromatic N) is 3. The highest BCUT2D eigenvalue weighted by atomic mass is 16.5. The monoisotopic (exact) mass is 333 g/mol. The number of rotatable bonds is 3. The summed E-state index contributed by atoms with van der Waals surface area (Å²) >= 11 is 0. The summed E-state index contributed by atoms with van der Waals surface area (Å²) in [4.78, 5) is 39.6. The predicted molar refractivity (Wildman–Crippen MR) is 85.0 cm³/mol. The zero-order valence-corrected chi connectivity index (χ0v) is 13.3. The van der Waals surface area contributed by atoms with Crippen LogP contribution in [0.5, 0.6) is 0 Å². The molecule has 0 aromatic heterocycles. The summed E-state index contributed by atoms with van der Waals surface area (Å²) in [5.74, 6) is -0.314. The molecule has 2 aliphatic rings. The van der Waals surface area contributed by atoms with Gasteiger partial charge in [-0.15, -0.1) is 0 Å². The van der Waals surface area contributed by atoms with Crippen LogP contribution in [0.4, 0.5) is 15.3 Å². The summed E-state index contributed by atoms with van der Waals surface area (Å²) in [6.45, 7) is 1.53. The lowest BCUT2D eigenvalue weighted by atomic mass is 10.1. The fourth-order valence-corrected chi connectivity index (χ4v) is 3.13. The van der Waals surface area contributed by atoms with E-state index in [1.54, 1.807) is 34.1 Å². The van der Waals surface area contributed by atoms with E-state index in [1.165, 1.54) is 12.0 Å². The summed E-state index contributed by atoms with van der Waals surface area (Å²) in [7, 11) is 1.34. The number of anilines is 1. The highest BCUT2D eigenvalue weighted by molar-refractivity contribution is 5.95. The van der Waals surface area contributed by atoms with Crippen LogP contribution in [0.2, 0.25) is 0 Å². The molecule has 1 aromatic carbocycles. The molecule has 8 nitrogen and oxygen atoms in total. The lowest BCUT2D eigenvalue weighted by Crippen LogP contribution is -2.53. The van der Waals surface area contributed by atoms with Gasteiger partial charge >= 0.3 is 18.1 Å². The Morgan fingerprint density at radius 3 is 2.54 bits per heavy atom. The molecule has 0 unspecified atom stereocenters. The Morgan fingerprint density at radius 1 is 1.21 bits per heavy atom. The van der Waals surface area contributed by atoms with Crippen molar-refractivity contribution in [3.8, 4) is 0 Å². The SMILES string of the molecule is COC(=O)Cc1ccc(N2C[C@@H]3CN(C(=O)O)CCN3C2=O)cc1. The first kappa shape index (κ1) is 16.1. The minimum Gasteiger partial charge on any atom is -0.469 e. The van der Waals surface area contributed by atoms with Gasteiger partial charge in [0.15, 0.2) is 0 Å². The number of urea groups is 1. The van der Waals surface area contributed by atoms with Gasteiger partial charge in [0, 0.05) is 31.9 Å². The van der Waals surface area contributed by atoms with Crippen LogP contribution >= 0.6 is 0 Å². The van der Waals surface area contributed by atoms with Gasteiger partial charge in [-0.25, -0.2) is 9.59 Å². The Balaban J connectivity index is 1.70. The number of hydrogen-bond acceptors (Lipinski definition) is 4. The summed E-state index contributed by atoms with van der Waals surface area (Å²) in [6, 6.07) is 6.94.